The Hall–Kier alpha value is -0.480. The molecular formula is C13H14ClNS2. The number of halogens is 1. The molecule has 0 fully saturated rings. The lowest BCUT2D eigenvalue weighted by Crippen LogP contribution is -2.13. The van der Waals surface area contributed by atoms with Crippen LogP contribution < -0.4 is 5.73 Å². The van der Waals surface area contributed by atoms with Gasteiger partial charge in [-0.25, -0.2) is 0 Å². The summed E-state index contributed by atoms with van der Waals surface area (Å²) in [5.74, 6) is 0. The lowest BCUT2D eigenvalue weighted by Gasteiger charge is -2.14. The summed E-state index contributed by atoms with van der Waals surface area (Å²) in [5, 5.41) is 0. The monoisotopic (exact) mass is 283 g/mol. The second-order valence-corrected chi connectivity index (χ2v) is 6.41. The van der Waals surface area contributed by atoms with E-state index in [1.165, 1.54) is 15.3 Å². The number of thiophene rings is 1. The molecule has 0 amide bonds. The van der Waals surface area contributed by atoms with Crippen LogP contribution in [0, 0.1) is 0 Å². The van der Waals surface area contributed by atoms with Crippen LogP contribution in [0.15, 0.2) is 41.3 Å². The largest absolute Gasteiger partial charge is 0.324 e. The normalized spacial score (nSPS) is 12.6. The smallest absolute Gasteiger partial charge is 0.0931 e. The third-order valence-electron chi connectivity index (χ3n) is 2.59. The van der Waals surface area contributed by atoms with Gasteiger partial charge >= 0.3 is 0 Å². The van der Waals surface area contributed by atoms with Crippen LogP contribution in [0.3, 0.4) is 0 Å². The standard InChI is InChI=1S/C13H14ClNS2/c1-16-12-5-3-2-4-10(12)11(15)8-9-6-7-13(14)17-9/h2-7,11H,8,15H2,1H3. The third-order valence-corrected chi connectivity index (χ3v) is 4.65. The van der Waals surface area contributed by atoms with E-state index in [0.717, 1.165) is 10.8 Å². The zero-order valence-electron chi connectivity index (χ0n) is 9.52. The minimum Gasteiger partial charge on any atom is -0.324 e. The molecule has 1 atom stereocenters. The van der Waals surface area contributed by atoms with Gasteiger partial charge in [-0.15, -0.1) is 23.1 Å². The second kappa shape index (κ2) is 5.91. The first-order valence-corrected chi connectivity index (χ1v) is 7.75. The Morgan fingerprint density at radius 3 is 2.71 bits per heavy atom. The molecule has 0 saturated heterocycles. The number of hydrogen-bond donors (Lipinski definition) is 1. The molecule has 1 aromatic carbocycles. The van der Waals surface area contributed by atoms with Gasteiger partial charge < -0.3 is 5.73 Å². The summed E-state index contributed by atoms with van der Waals surface area (Å²) in [5.41, 5.74) is 7.48. The Kier molecular flexibility index (Phi) is 4.51. The zero-order valence-corrected chi connectivity index (χ0v) is 11.9. The van der Waals surface area contributed by atoms with Crippen molar-refractivity contribution in [1.82, 2.24) is 0 Å². The Balaban J connectivity index is 2.16. The fourth-order valence-corrected chi connectivity index (χ4v) is 3.58. The molecule has 2 aromatic rings. The summed E-state index contributed by atoms with van der Waals surface area (Å²) < 4.78 is 0.824. The van der Waals surface area contributed by atoms with Gasteiger partial charge in [-0.2, -0.15) is 0 Å². The van der Waals surface area contributed by atoms with Crippen LogP contribution in [-0.4, -0.2) is 6.26 Å². The van der Waals surface area contributed by atoms with Gasteiger partial charge in [0.2, 0.25) is 0 Å². The van der Waals surface area contributed by atoms with Crippen molar-refractivity contribution in [2.75, 3.05) is 6.26 Å². The first-order valence-electron chi connectivity index (χ1n) is 5.33. The molecule has 0 saturated carbocycles. The number of nitrogens with two attached hydrogens (primary N) is 1. The SMILES string of the molecule is CSc1ccccc1C(N)Cc1ccc(Cl)s1. The molecule has 4 heteroatoms. The van der Waals surface area contributed by atoms with E-state index < -0.39 is 0 Å². The van der Waals surface area contributed by atoms with Crippen molar-refractivity contribution in [3.63, 3.8) is 0 Å². The zero-order chi connectivity index (χ0) is 12.3. The summed E-state index contributed by atoms with van der Waals surface area (Å²) in [6, 6.07) is 12.3. The van der Waals surface area contributed by atoms with E-state index in [1.54, 1.807) is 23.1 Å². The topological polar surface area (TPSA) is 26.0 Å². The first kappa shape index (κ1) is 13.0. The van der Waals surface area contributed by atoms with Gasteiger partial charge in [0.05, 0.1) is 4.34 Å². The Morgan fingerprint density at radius 2 is 2.06 bits per heavy atom. The maximum Gasteiger partial charge on any atom is 0.0931 e. The van der Waals surface area contributed by atoms with Crippen LogP contribution >= 0.6 is 34.7 Å². The van der Waals surface area contributed by atoms with Crippen LogP contribution in [0.25, 0.3) is 0 Å². The van der Waals surface area contributed by atoms with Gasteiger partial charge in [-0.1, -0.05) is 29.8 Å². The highest BCUT2D eigenvalue weighted by Crippen LogP contribution is 2.29. The van der Waals surface area contributed by atoms with Crippen molar-refractivity contribution in [1.29, 1.82) is 0 Å². The van der Waals surface area contributed by atoms with Crippen molar-refractivity contribution in [2.45, 2.75) is 17.4 Å². The van der Waals surface area contributed by atoms with Gasteiger partial charge in [0.1, 0.15) is 0 Å². The van der Waals surface area contributed by atoms with Crippen LogP contribution in [-0.2, 0) is 6.42 Å². The predicted octanol–water partition coefficient (Wildman–Crippen LogP) is 4.37. The summed E-state index contributed by atoms with van der Waals surface area (Å²) >= 11 is 9.26. The molecule has 0 spiro atoms. The molecule has 0 aliphatic heterocycles. The van der Waals surface area contributed by atoms with Crippen molar-refractivity contribution in [3.8, 4) is 0 Å². The molecule has 1 aromatic heterocycles. The highest BCUT2D eigenvalue weighted by atomic mass is 35.5. The maximum atomic E-state index is 6.26. The van der Waals surface area contributed by atoms with Crippen LogP contribution in [0.1, 0.15) is 16.5 Å². The average Bonchev–Trinajstić information content (AvgIpc) is 2.74. The molecule has 17 heavy (non-hydrogen) atoms. The van der Waals surface area contributed by atoms with E-state index in [1.807, 2.05) is 18.2 Å². The summed E-state index contributed by atoms with van der Waals surface area (Å²) in [6.45, 7) is 0. The fourth-order valence-electron chi connectivity index (χ4n) is 1.76. The summed E-state index contributed by atoms with van der Waals surface area (Å²) in [7, 11) is 0. The molecule has 1 nitrogen and oxygen atoms in total. The number of thioether (sulfide) groups is 1. The summed E-state index contributed by atoms with van der Waals surface area (Å²) in [4.78, 5) is 2.49. The second-order valence-electron chi connectivity index (χ2n) is 3.76. The van der Waals surface area contributed by atoms with E-state index in [0.29, 0.717) is 0 Å². The Morgan fingerprint density at radius 1 is 1.29 bits per heavy atom. The van der Waals surface area contributed by atoms with E-state index in [2.05, 4.69) is 24.5 Å². The molecule has 1 unspecified atom stereocenters. The van der Waals surface area contributed by atoms with Gasteiger partial charge in [-0.05, 0) is 30.0 Å². The van der Waals surface area contributed by atoms with Crippen LogP contribution in [0.5, 0.6) is 0 Å². The first-order chi connectivity index (χ1) is 8.20. The Bertz CT molecular complexity index is 496. The predicted molar refractivity (Wildman–Crippen MR) is 78.2 cm³/mol. The minimum absolute atomic E-state index is 0.0355. The molecule has 1 heterocycles. The van der Waals surface area contributed by atoms with Crippen molar-refractivity contribution < 1.29 is 0 Å². The van der Waals surface area contributed by atoms with Crippen LogP contribution in [0.4, 0.5) is 0 Å². The number of rotatable bonds is 4. The van der Waals surface area contributed by atoms with Gasteiger partial charge in [0.25, 0.3) is 0 Å². The van der Waals surface area contributed by atoms with Crippen molar-refractivity contribution in [2.24, 2.45) is 5.73 Å². The molecule has 0 radical (unpaired) electrons. The average molecular weight is 284 g/mol. The lowest BCUT2D eigenvalue weighted by atomic mass is 10.0. The van der Waals surface area contributed by atoms with E-state index >= 15 is 0 Å². The highest BCUT2D eigenvalue weighted by Gasteiger charge is 2.12. The third kappa shape index (κ3) is 3.26. The lowest BCUT2D eigenvalue weighted by molar-refractivity contribution is 0.715. The molecule has 90 valence electrons. The molecule has 0 bridgehead atoms. The van der Waals surface area contributed by atoms with Crippen molar-refractivity contribution >= 4 is 34.7 Å². The van der Waals surface area contributed by atoms with Crippen molar-refractivity contribution in [3.05, 3.63) is 51.2 Å². The fraction of sp³-hybridized carbons (Fsp3) is 0.231. The minimum atomic E-state index is 0.0355. The quantitative estimate of drug-likeness (QED) is 0.844. The van der Waals surface area contributed by atoms with Gasteiger partial charge in [0, 0.05) is 22.2 Å². The highest BCUT2D eigenvalue weighted by molar-refractivity contribution is 7.98. The molecule has 2 N–H and O–H groups in total. The van der Waals surface area contributed by atoms with Crippen LogP contribution in [0.2, 0.25) is 4.34 Å². The van der Waals surface area contributed by atoms with E-state index in [-0.39, 0.29) is 6.04 Å². The van der Waals surface area contributed by atoms with E-state index in [9.17, 15) is 0 Å². The van der Waals surface area contributed by atoms with Gasteiger partial charge in [0.15, 0.2) is 0 Å². The Labute approximate surface area is 115 Å². The number of hydrogen-bond acceptors (Lipinski definition) is 3. The molecule has 2 rings (SSSR count). The van der Waals surface area contributed by atoms with E-state index in [4.69, 9.17) is 17.3 Å². The molecule has 0 aliphatic carbocycles. The maximum absolute atomic E-state index is 6.26. The van der Waals surface area contributed by atoms with Gasteiger partial charge in [-0.3, -0.25) is 0 Å². The molecular weight excluding hydrogens is 270 g/mol. The summed E-state index contributed by atoms with van der Waals surface area (Å²) in [6.07, 6.45) is 2.92. The number of benzene rings is 1. The molecule has 0 aliphatic rings.